The number of carbonyl (C=O) groups is 2. The predicted molar refractivity (Wildman–Crippen MR) is 88.0 cm³/mol. The van der Waals surface area contributed by atoms with Crippen molar-refractivity contribution < 1.29 is 31.9 Å². The van der Waals surface area contributed by atoms with Crippen molar-refractivity contribution in [2.45, 2.75) is 12.5 Å². The molecular weight excluding hydrogens is 382 g/mol. The molecule has 0 fully saturated rings. The Labute approximate surface area is 156 Å². The van der Waals surface area contributed by atoms with Crippen molar-refractivity contribution in [2.24, 2.45) is 10.9 Å². The molecule has 2 heterocycles. The Hall–Kier alpha value is -3.30. The van der Waals surface area contributed by atoms with Gasteiger partial charge in [0.15, 0.2) is 29.2 Å². The first-order valence-corrected chi connectivity index (χ1v) is 7.93. The highest BCUT2D eigenvalue weighted by molar-refractivity contribution is 6.14. The summed E-state index contributed by atoms with van der Waals surface area (Å²) in [7, 11) is 1.04. The van der Waals surface area contributed by atoms with Crippen molar-refractivity contribution in [3.8, 4) is 0 Å². The second kappa shape index (κ2) is 7.02. The van der Waals surface area contributed by atoms with Crippen LogP contribution in [0.5, 0.6) is 0 Å². The maximum Gasteiger partial charge on any atom is 0.321 e. The third kappa shape index (κ3) is 3.21. The lowest BCUT2D eigenvalue weighted by molar-refractivity contribution is -0.153. The Balaban J connectivity index is 2.23. The van der Waals surface area contributed by atoms with Gasteiger partial charge in [0.2, 0.25) is 5.91 Å². The number of nitrogens with zero attached hydrogens (tertiary/aromatic N) is 2. The number of amidine groups is 1. The molecule has 0 bridgehead atoms. The number of pyridine rings is 1. The predicted octanol–water partition coefficient (Wildman–Crippen LogP) is 2.22. The highest BCUT2D eigenvalue weighted by atomic mass is 19.2. The molecule has 1 aliphatic rings. The number of aliphatic imine (C=N–C) groups is 1. The molecule has 146 valence electrons. The number of benzene rings is 1. The summed E-state index contributed by atoms with van der Waals surface area (Å²) in [5.41, 5.74) is -2.29. The van der Waals surface area contributed by atoms with Crippen LogP contribution in [0.4, 0.5) is 17.6 Å². The summed E-state index contributed by atoms with van der Waals surface area (Å²) in [4.78, 5) is 32.6. The molecule has 0 spiro atoms. The van der Waals surface area contributed by atoms with E-state index in [-0.39, 0.29) is 5.56 Å². The van der Waals surface area contributed by atoms with Crippen LogP contribution < -0.4 is 5.32 Å². The van der Waals surface area contributed by atoms with Gasteiger partial charge in [0.25, 0.3) is 0 Å². The van der Waals surface area contributed by atoms with Gasteiger partial charge in [-0.25, -0.2) is 22.5 Å². The van der Waals surface area contributed by atoms with Crippen LogP contribution in [0.3, 0.4) is 0 Å². The molecule has 2 atom stereocenters. The Morgan fingerprint density at radius 2 is 1.86 bits per heavy atom. The van der Waals surface area contributed by atoms with E-state index >= 15 is 0 Å². The number of ether oxygens (including phenoxy) is 1. The topological polar surface area (TPSA) is 80.7 Å². The van der Waals surface area contributed by atoms with Gasteiger partial charge in [-0.1, -0.05) is 6.07 Å². The van der Waals surface area contributed by atoms with Gasteiger partial charge < -0.3 is 10.1 Å². The van der Waals surface area contributed by atoms with Gasteiger partial charge in [-0.15, -0.1) is 0 Å². The summed E-state index contributed by atoms with van der Waals surface area (Å²) < 4.78 is 59.0. The van der Waals surface area contributed by atoms with Crippen LogP contribution >= 0.6 is 0 Å². The number of halogens is 4. The smallest absolute Gasteiger partial charge is 0.321 e. The van der Waals surface area contributed by atoms with Crippen LogP contribution in [0.2, 0.25) is 0 Å². The van der Waals surface area contributed by atoms with Gasteiger partial charge in [0.05, 0.1) is 13.3 Å². The molecule has 1 aliphatic heterocycles. The van der Waals surface area contributed by atoms with Crippen molar-refractivity contribution >= 4 is 17.7 Å². The number of carbonyl (C=O) groups excluding carboxylic acids is 2. The first kappa shape index (κ1) is 19.5. The molecule has 3 rings (SSSR count). The highest BCUT2D eigenvalue weighted by Gasteiger charge is 2.50. The van der Waals surface area contributed by atoms with Crippen LogP contribution in [-0.2, 0) is 19.9 Å². The van der Waals surface area contributed by atoms with E-state index in [1.165, 1.54) is 6.92 Å². The van der Waals surface area contributed by atoms with E-state index in [0.29, 0.717) is 12.3 Å². The van der Waals surface area contributed by atoms with E-state index in [0.717, 1.165) is 25.3 Å². The number of rotatable bonds is 3. The zero-order chi connectivity index (χ0) is 20.6. The first-order valence-electron chi connectivity index (χ1n) is 7.93. The second-order valence-electron chi connectivity index (χ2n) is 6.17. The Morgan fingerprint density at radius 1 is 1.14 bits per heavy atom. The number of hydrogen-bond donors (Lipinski definition) is 1. The number of aromatic nitrogens is 1. The third-order valence-electron chi connectivity index (χ3n) is 4.38. The minimum Gasteiger partial charge on any atom is -0.468 e. The number of esters is 1. The van der Waals surface area contributed by atoms with Crippen molar-refractivity contribution in [1.29, 1.82) is 0 Å². The number of nitrogens with one attached hydrogen (secondary N) is 1. The fourth-order valence-corrected chi connectivity index (χ4v) is 2.97. The molecule has 1 amide bonds. The minimum absolute atomic E-state index is 0.0309. The number of methoxy groups -OCH3 is 1. The van der Waals surface area contributed by atoms with Crippen LogP contribution in [-0.4, -0.2) is 29.8 Å². The first-order chi connectivity index (χ1) is 13.2. The molecule has 28 heavy (non-hydrogen) atoms. The van der Waals surface area contributed by atoms with E-state index < -0.39 is 58.1 Å². The summed E-state index contributed by atoms with van der Waals surface area (Å²) in [6, 6.07) is 3.27. The lowest BCUT2D eigenvalue weighted by Crippen LogP contribution is -2.54. The summed E-state index contributed by atoms with van der Waals surface area (Å²) in [6.45, 7) is 1.31. The Kier molecular flexibility index (Phi) is 4.88. The van der Waals surface area contributed by atoms with Crippen LogP contribution in [0, 0.1) is 29.2 Å². The average Bonchev–Trinajstić information content (AvgIpc) is 2.63. The molecule has 2 unspecified atom stereocenters. The third-order valence-corrected chi connectivity index (χ3v) is 4.38. The SMILES string of the molecule is COC(=O)C1C(=O)NC(c2ncc(F)cc2F)=NC1(C)c1ccc(F)c(F)c1. The van der Waals surface area contributed by atoms with Gasteiger partial charge in [-0.2, -0.15) is 0 Å². The molecule has 10 heteroatoms. The van der Waals surface area contributed by atoms with Gasteiger partial charge in [0, 0.05) is 6.07 Å². The zero-order valence-electron chi connectivity index (χ0n) is 14.6. The maximum atomic E-state index is 14.1. The number of hydrogen-bond acceptors (Lipinski definition) is 5. The van der Waals surface area contributed by atoms with E-state index in [4.69, 9.17) is 0 Å². The van der Waals surface area contributed by atoms with E-state index in [2.05, 4.69) is 20.0 Å². The summed E-state index contributed by atoms with van der Waals surface area (Å²) >= 11 is 0. The summed E-state index contributed by atoms with van der Waals surface area (Å²) in [5, 5.41) is 2.23. The Bertz CT molecular complexity index is 1010. The molecule has 2 aromatic rings. The second-order valence-corrected chi connectivity index (χ2v) is 6.17. The van der Waals surface area contributed by atoms with E-state index in [1.54, 1.807) is 0 Å². The monoisotopic (exact) mass is 395 g/mol. The van der Waals surface area contributed by atoms with Gasteiger partial charge in [0.1, 0.15) is 17.1 Å². The molecule has 1 N–H and O–H groups in total. The fourth-order valence-electron chi connectivity index (χ4n) is 2.97. The van der Waals surface area contributed by atoms with E-state index in [9.17, 15) is 27.2 Å². The highest BCUT2D eigenvalue weighted by Crippen LogP contribution is 2.38. The minimum atomic E-state index is -1.78. The quantitative estimate of drug-likeness (QED) is 0.491. The van der Waals surface area contributed by atoms with E-state index in [1.807, 2.05) is 0 Å². The average molecular weight is 395 g/mol. The van der Waals surface area contributed by atoms with Crippen LogP contribution in [0.25, 0.3) is 0 Å². The van der Waals surface area contributed by atoms with Crippen molar-refractivity contribution in [1.82, 2.24) is 10.3 Å². The molecule has 1 aromatic heterocycles. The summed E-state index contributed by atoms with van der Waals surface area (Å²) in [5.74, 6) is -8.30. The molecular formula is C18H13F4N3O3. The largest absolute Gasteiger partial charge is 0.468 e. The van der Waals surface area contributed by atoms with Crippen molar-refractivity contribution in [3.63, 3.8) is 0 Å². The fraction of sp³-hybridized carbons (Fsp3) is 0.222. The molecule has 0 aliphatic carbocycles. The summed E-state index contributed by atoms with van der Waals surface area (Å²) in [6.07, 6.45) is 0.717. The van der Waals surface area contributed by atoms with Crippen LogP contribution in [0.1, 0.15) is 18.2 Å². The molecule has 0 saturated carbocycles. The van der Waals surface area contributed by atoms with Crippen molar-refractivity contribution in [3.05, 3.63) is 65.0 Å². The maximum absolute atomic E-state index is 14.1. The normalized spacial score (nSPS) is 21.7. The zero-order valence-corrected chi connectivity index (χ0v) is 14.6. The van der Waals surface area contributed by atoms with Gasteiger partial charge in [-0.3, -0.25) is 14.6 Å². The molecule has 0 saturated heterocycles. The molecule has 1 aromatic carbocycles. The molecule has 6 nitrogen and oxygen atoms in total. The Morgan fingerprint density at radius 3 is 2.46 bits per heavy atom. The lowest BCUT2D eigenvalue weighted by Gasteiger charge is -2.36. The standard InChI is InChI=1S/C18H13F4N3O3/c1-18(8-3-4-10(20)11(21)5-8)13(17(27)28-2)16(26)24-15(25-18)14-12(22)6-9(19)7-23-14/h3-7,13H,1-2H3,(H,24,25,26). The van der Waals surface area contributed by atoms with Crippen molar-refractivity contribution in [2.75, 3.05) is 7.11 Å². The number of amides is 1. The van der Waals surface area contributed by atoms with Gasteiger partial charge >= 0.3 is 5.97 Å². The van der Waals surface area contributed by atoms with Crippen LogP contribution in [0.15, 0.2) is 35.5 Å². The molecule has 0 radical (unpaired) electrons. The van der Waals surface area contributed by atoms with Gasteiger partial charge in [-0.05, 0) is 24.6 Å². The lowest BCUT2D eigenvalue weighted by atomic mass is 9.78.